The number of amides is 2. The van der Waals surface area contributed by atoms with E-state index in [2.05, 4.69) is 16.7 Å². The predicted molar refractivity (Wildman–Crippen MR) is 112 cm³/mol. The van der Waals surface area contributed by atoms with Gasteiger partial charge in [-0.25, -0.2) is 4.39 Å². The van der Waals surface area contributed by atoms with Crippen LogP contribution in [0, 0.1) is 24.1 Å². The van der Waals surface area contributed by atoms with Crippen LogP contribution in [0.2, 0.25) is 5.02 Å². The van der Waals surface area contributed by atoms with Crippen molar-refractivity contribution in [2.75, 3.05) is 11.1 Å². The van der Waals surface area contributed by atoms with Gasteiger partial charge < -0.3 is 10.6 Å². The van der Waals surface area contributed by atoms with E-state index in [0.717, 1.165) is 17.3 Å². The van der Waals surface area contributed by atoms with Gasteiger partial charge in [-0.2, -0.15) is 5.26 Å². The Kier molecular flexibility index (Phi) is 6.57. The van der Waals surface area contributed by atoms with Crippen molar-refractivity contribution in [3.63, 3.8) is 0 Å². The number of thioether (sulfide) groups is 1. The molecule has 0 saturated heterocycles. The standard InChI is InChI=1S/C21H17ClFN3O2S/c1-12-17(22)3-2-4-18(12)25-20(28)11-29-21-16(10-24)15(9-19(27)26-21)13-5-7-14(23)8-6-13/h2-8,15H,9,11H2,1H3,(H,25,28)(H,26,27)/t15-/m0/s1. The fourth-order valence-electron chi connectivity index (χ4n) is 2.98. The molecule has 3 rings (SSSR count). The Hall–Kier alpha value is -2.82. The van der Waals surface area contributed by atoms with Crippen LogP contribution in [-0.2, 0) is 9.59 Å². The van der Waals surface area contributed by atoms with Crippen LogP contribution in [-0.4, -0.2) is 17.6 Å². The lowest BCUT2D eigenvalue weighted by molar-refractivity contribution is -0.121. The Labute approximate surface area is 176 Å². The summed E-state index contributed by atoms with van der Waals surface area (Å²) in [6, 6.07) is 13.1. The van der Waals surface area contributed by atoms with E-state index < -0.39 is 5.92 Å². The average Bonchev–Trinajstić information content (AvgIpc) is 2.70. The maximum atomic E-state index is 13.2. The number of allylic oxidation sites excluding steroid dienone is 1. The van der Waals surface area contributed by atoms with E-state index in [1.165, 1.54) is 12.1 Å². The molecule has 0 unspecified atom stereocenters. The second kappa shape index (κ2) is 9.12. The summed E-state index contributed by atoms with van der Waals surface area (Å²) in [7, 11) is 0. The van der Waals surface area contributed by atoms with Crippen molar-refractivity contribution < 1.29 is 14.0 Å². The van der Waals surface area contributed by atoms with Crippen molar-refractivity contribution in [2.45, 2.75) is 19.3 Å². The molecule has 5 nitrogen and oxygen atoms in total. The molecule has 1 aliphatic rings. The van der Waals surface area contributed by atoms with Crippen molar-refractivity contribution >= 4 is 40.9 Å². The molecule has 0 spiro atoms. The van der Waals surface area contributed by atoms with Gasteiger partial charge in [-0.3, -0.25) is 9.59 Å². The number of benzene rings is 2. The number of nitrogens with zero attached hydrogens (tertiary/aromatic N) is 1. The van der Waals surface area contributed by atoms with Crippen molar-refractivity contribution in [2.24, 2.45) is 0 Å². The molecule has 2 amide bonds. The first kappa shape index (κ1) is 20.9. The molecule has 1 atom stereocenters. The molecule has 0 fully saturated rings. The Morgan fingerprint density at radius 1 is 1.34 bits per heavy atom. The molecule has 1 aliphatic heterocycles. The number of rotatable bonds is 5. The fraction of sp³-hybridized carbons (Fsp3) is 0.190. The summed E-state index contributed by atoms with van der Waals surface area (Å²) in [4.78, 5) is 24.5. The highest BCUT2D eigenvalue weighted by Gasteiger charge is 2.29. The van der Waals surface area contributed by atoms with Gasteiger partial charge in [0.15, 0.2) is 0 Å². The largest absolute Gasteiger partial charge is 0.325 e. The molecule has 0 saturated carbocycles. The smallest absolute Gasteiger partial charge is 0.234 e. The number of anilines is 1. The molecule has 8 heteroatoms. The van der Waals surface area contributed by atoms with Crippen LogP contribution in [0.4, 0.5) is 10.1 Å². The van der Waals surface area contributed by atoms with Gasteiger partial charge in [-0.05, 0) is 42.3 Å². The minimum atomic E-state index is -0.477. The molecule has 1 heterocycles. The number of nitrogens with one attached hydrogen (secondary N) is 2. The summed E-state index contributed by atoms with van der Waals surface area (Å²) in [6.07, 6.45) is 0.0898. The number of hydrogen-bond acceptors (Lipinski definition) is 4. The maximum absolute atomic E-state index is 13.2. The zero-order chi connectivity index (χ0) is 21.0. The third-order valence-corrected chi connectivity index (χ3v) is 5.94. The quantitative estimate of drug-likeness (QED) is 0.733. The third-order valence-electron chi connectivity index (χ3n) is 4.52. The molecule has 0 bridgehead atoms. The lowest BCUT2D eigenvalue weighted by Crippen LogP contribution is -2.31. The van der Waals surface area contributed by atoms with E-state index in [-0.39, 0.29) is 29.8 Å². The average molecular weight is 430 g/mol. The van der Waals surface area contributed by atoms with Crippen LogP contribution in [0.15, 0.2) is 53.1 Å². The summed E-state index contributed by atoms with van der Waals surface area (Å²) in [5.74, 6) is -1.41. The number of carbonyl (C=O) groups is 2. The minimum Gasteiger partial charge on any atom is -0.325 e. The molecule has 29 heavy (non-hydrogen) atoms. The predicted octanol–water partition coefficient (Wildman–Crippen LogP) is 4.50. The van der Waals surface area contributed by atoms with Crippen molar-refractivity contribution in [1.29, 1.82) is 5.26 Å². The zero-order valence-corrected chi connectivity index (χ0v) is 17.0. The summed E-state index contributed by atoms with van der Waals surface area (Å²) in [5.41, 5.74) is 2.39. The highest BCUT2D eigenvalue weighted by molar-refractivity contribution is 8.03. The van der Waals surface area contributed by atoms with Gasteiger partial charge in [0.05, 0.1) is 22.4 Å². The Balaban J connectivity index is 1.76. The molecule has 148 valence electrons. The van der Waals surface area contributed by atoms with E-state index in [9.17, 15) is 19.2 Å². The monoisotopic (exact) mass is 429 g/mol. The Morgan fingerprint density at radius 3 is 2.76 bits per heavy atom. The number of halogens is 2. The lowest BCUT2D eigenvalue weighted by atomic mass is 9.87. The van der Waals surface area contributed by atoms with Crippen LogP contribution in [0.1, 0.15) is 23.5 Å². The van der Waals surface area contributed by atoms with Crippen LogP contribution in [0.25, 0.3) is 0 Å². The highest BCUT2D eigenvalue weighted by atomic mass is 35.5. The fourth-order valence-corrected chi connectivity index (χ4v) is 4.03. The molecule has 0 aromatic heterocycles. The van der Waals surface area contributed by atoms with E-state index >= 15 is 0 Å². The second-order valence-electron chi connectivity index (χ2n) is 6.46. The topological polar surface area (TPSA) is 82.0 Å². The van der Waals surface area contributed by atoms with E-state index in [4.69, 9.17) is 11.6 Å². The minimum absolute atomic E-state index is 0.00286. The Bertz CT molecular complexity index is 1030. The molecule has 0 radical (unpaired) electrons. The van der Waals surface area contributed by atoms with Crippen molar-refractivity contribution in [3.05, 3.63) is 75.0 Å². The molecule has 0 aliphatic carbocycles. The number of hydrogen-bond donors (Lipinski definition) is 2. The van der Waals surface area contributed by atoms with Crippen LogP contribution in [0.3, 0.4) is 0 Å². The molecule has 2 N–H and O–H groups in total. The molecule has 2 aromatic rings. The maximum Gasteiger partial charge on any atom is 0.234 e. The molecule has 2 aromatic carbocycles. The number of carbonyl (C=O) groups excluding carboxylic acids is 2. The third kappa shape index (κ3) is 4.97. The van der Waals surface area contributed by atoms with Crippen LogP contribution in [0.5, 0.6) is 0 Å². The van der Waals surface area contributed by atoms with Gasteiger partial charge in [0, 0.05) is 23.0 Å². The van der Waals surface area contributed by atoms with Gasteiger partial charge in [0.25, 0.3) is 0 Å². The van der Waals surface area contributed by atoms with Gasteiger partial charge in [0.2, 0.25) is 11.8 Å². The first-order valence-electron chi connectivity index (χ1n) is 8.76. The summed E-state index contributed by atoms with van der Waals surface area (Å²) in [5, 5.41) is 16.0. The van der Waals surface area contributed by atoms with E-state index in [0.29, 0.717) is 26.9 Å². The van der Waals surface area contributed by atoms with Crippen LogP contribution < -0.4 is 10.6 Å². The van der Waals surface area contributed by atoms with Gasteiger partial charge in [-0.1, -0.05) is 41.6 Å². The van der Waals surface area contributed by atoms with Crippen LogP contribution >= 0.6 is 23.4 Å². The summed E-state index contributed by atoms with van der Waals surface area (Å²) in [6.45, 7) is 1.80. The molecular weight excluding hydrogens is 413 g/mol. The summed E-state index contributed by atoms with van der Waals surface area (Å²) < 4.78 is 13.2. The van der Waals surface area contributed by atoms with Gasteiger partial charge in [0.1, 0.15) is 5.82 Å². The number of nitriles is 1. The first-order valence-corrected chi connectivity index (χ1v) is 10.1. The van der Waals surface area contributed by atoms with Crippen molar-refractivity contribution in [1.82, 2.24) is 5.32 Å². The lowest BCUT2D eigenvalue weighted by Gasteiger charge is -2.25. The second-order valence-corrected chi connectivity index (χ2v) is 7.85. The van der Waals surface area contributed by atoms with E-state index in [1.807, 2.05) is 0 Å². The zero-order valence-electron chi connectivity index (χ0n) is 15.5. The first-order chi connectivity index (χ1) is 13.9. The van der Waals surface area contributed by atoms with Crippen molar-refractivity contribution in [3.8, 4) is 6.07 Å². The molecular formula is C21H17ClFN3O2S. The van der Waals surface area contributed by atoms with E-state index in [1.54, 1.807) is 37.3 Å². The Morgan fingerprint density at radius 2 is 2.07 bits per heavy atom. The normalized spacial score (nSPS) is 16.2. The summed E-state index contributed by atoms with van der Waals surface area (Å²) >= 11 is 7.14. The van der Waals surface area contributed by atoms with Gasteiger partial charge >= 0.3 is 0 Å². The van der Waals surface area contributed by atoms with Gasteiger partial charge in [-0.15, -0.1) is 0 Å². The highest BCUT2D eigenvalue weighted by Crippen LogP contribution is 2.36. The SMILES string of the molecule is Cc1c(Cl)cccc1NC(=O)CSC1=C(C#N)[C@H](c2ccc(F)cc2)CC(=O)N1.